The first-order valence-corrected chi connectivity index (χ1v) is 9.33. The number of aryl methyl sites for hydroxylation is 2. The Morgan fingerprint density at radius 2 is 2.08 bits per heavy atom. The number of pyridine rings is 1. The summed E-state index contributed by atoms with van der Waals surface area (Å²) in [5, 5.41) is 0. The van der Waals surface area contributed by atoms with Crippen LogP contribution in [0.4, 0.5) is 0 Å². The third-order valence-corrected chi connectivity index (χ3v) is 5.36. The second-order valence-electron chi connectivity index (χ2n) is 7.55. The molecular weight excluding hydrogens is 326 g/mol. The van der Waals surface area contributed by atoms with Gasteiger partial charge in [-0.15, -0.1) is 0 Å². The standard InChI is InChI=1S/C20H25N5O/c1-14-8-19(23-15(2)22-14)20(26)25-12-17-5-6-18(25)13-24(11-17)10-16-4-3-7-21-9-16/h3-4,7-9,17-18H,5-6,10-13H2,1-2H3/t17-,18+/m0/s1. The van der Waals surface area contributed by atoms with Crippen molar-refractivity contribution in [1.29, 1.82) is 0 Å². The Hall–Kier alpha value is -2.34. The molecule has 1 amide bonds. The third kappa shape index (κ3) is 3.60. The summed E-state index contributed by atoms with van der Waals surface area (Å²) in [6, 6.07) is 6.17. The maximum Gasteiger partial charge on any atom is 0.272 e. The van der Waals surface area contributed by atoms with Gasteiger partial charge >= 0.3 is 0 Å². The van der Waals surface area contributed by atoms with E-state index >= 15 is 0 Å². The first-order valence-electron chi connectivity index (χ1n) is 9.33. The molecular formula is C20H25N5O. The number of fused-ring (bicyclic) bond motifs is 4. The number of hydrogen-bond donors (Lipinski definition) is 0. The lowest BCUT2D eigenvalue weighted by molar-refractivity contribution is 0.0578. The van der Waals surface area contributed by atoms with Crippen LogP contribution in [-0.4, -0.2) is 56.3 Å². The summed E-state index contributed by atoms with van der Waals surface area (Å²) in [5.74, 6) is 1.24. The molecule has 6 nitrogen and oxygen atoms in total. The lowest BCUT2D eigenvalue weighted by Crippen LogP contribution is -2.47. The van der Waals surface area contributed by atoms with Crippen LogP contribution in [-0.2, 0) is 6.54 Å². The highest BCUT2D eigenvalue weighted by Crippen LogP contribution is 2.29. The van der Waals surface area contributed by atoms with Crippen LogP contribution in [0.2, 0.25) is 0 Å². The number of piperidine rings is 1. The number of hydrogen-bond acceptors (Lipinski definition) is 5. The van der Waals surface area contributed by atoms with Gasteiger partial charge in [-0.05, 0) is 50.3 Å². The largest absolute Gasteiger partial charge is 0.333 e. The molecule has 0 spiro atoms. The van der Waals surface area contributed by atoms with E-state index in [2.05, 4.69) is 30.8 Å². The van der Waals surface area contributed by atoms with Crippen molar-refractivity contribution in [1.82, 2.24) is 24.8 Å². The minimum absolute atomic E-state index is 0.0523. The molecule has 2 atom stereocenters. The monoisotopic (exact) mass is 351 g/mol. The molecule has 136 valence electrons. The van der Waals surface area contributed by atoms with E-state index in [9.17, 15) is 4.79 Å². The maximum atomic E-state index is 13.1. The van der Waals surface area contributed by atoms with Gasteiger partial charge < -0.3 is 4.90 Å². The van der Waals surface area contributed by atoms with Gasteiger partial charge in [-0.25, -0.2) is 9.97 Å². The average Bonchev–Trinajstić information content (AvgIpc) is 2.91. The minimum Gasteiger partial charge on any atom is -0.333 e. The van der Waals surface area contributed by atoms with E-state index in [-0.39, 0.29) is 11.9 Å². The van der Waals surface area contributed by atoms with Gasteiger partial charge in [0.1, 0.15) is 11.5 Å². The third-order valence-electron chi connectivity index (χ3n) is 5.36. The zero-order valence-electron chi connectivity index (χ0n) is 15.4. The molecule has 26 heavy (non-hydrogen) atoms. The Kier molecular flexibility index (Phi) is 4.68. The highest BCUT2D eigenvalue weighted by Gasteiger charge is 2.37. The fourth-order valence-electron chi connectivity index (χ4n) is 4.28. The van der Waals surface area contributed by atoms with E-state index in [1.807, 2.05) is 32.3 Å². The number of carbonyl (C=O) groups excluding carboxylic acids is 1. The van der Waals surface area contributed by atoms with E-state index in [1.54, 1.807) is 6.07 Å². The predicted octanol–water partition coefficient (Wildman–Crippen LogP) is 2.23. The van der Waals surface area contributed by atoms with Crippen LogP contribution in [0.25, 0.3) is 0 Å². The molecule has 0 N–H and O–H groups in total. The van der Waals surface area contributed by atoms with Gasteiger partial charge in [0.05, 0.1) is 0 Å². The van der Waals surface area contributed by atoms with Crippen LogP contribution >= 0.6 is 0 Å². The van der Waals surface area contributed by atoms with E-state index in [0.717, 1.165) is 38.3 Å². The topological polar surface area (TPSA) is 62.2 Å². The first-order chi connectivity index (χ1) is 12.6. The van der Waals surface area contributed by atoms with E-state index in [4.69, 9.17) is 0 Å². The van der Waals surface area contributed by atoms with Crippen LogP contribution in [0, 0.1) is 19.8 Å². The number of rotatable bonds is 3. The summed E-state index contributed by atoms with van der Waals surface area (Å²) in [5.41, 5.74) is 2.61. The second-order valence-corrected chi connectivity index (χ2v) is 7.55. The summed E-state index contributed by atoms with van der Waals surface area (Å²) >= 11 is 0. The number of carbonyl (C=O) groups is 1. The normalized spacial score (nSPS) is 23.1. The fraction of sp³-hybridized carbons (Fsp3) is 0.500. The summed E-state index contributed by atoms with van der Waals surface area (Å²) in [7, 11) is 0. The van der Waals surface area contributed by atoms with Crippen molar-refractivity contribution in [2.75, 3.05) is 19.6 Å². The SMILES string of the molecule is Cc1cc(C(=O)N2C[C@H]3CC[C@@H]2CN(Cc2cccnc2)C3)nc(C)n1. The van der Waals surface area contributed by atoms with Gasteiger partial charge in [0.15, 0.2) is 0 Å². The van der Waals surface area contributed by atoms with Crippen LogP contribution in [0.1, 0.15) is 40.4 Å². The molecule has 2 bridgehead atoms. The van der Waals surface area contributed by atoms with Crippen LogP contribution in [0.15, 0.2) is 30.6 Å². The zero-order valence-corrected chi connectivity index (χ0v) is 15.4. The van der Waals surface area contributed by atoms with Gasteiger partial charge in [-0.1, -0.05) is 6.07 Å². The van der Waals surface area contributed by atoms with Crippen molar-refractivity contribution < 1.29 is 4.79 Å². The van der Waals surface area contributed by atoms with Crippen molar-refractivity contribution in [2.24, 2.45) is 5.92 Å². The number of amides is 1. The smallest absolute Gasteiger partial charge is 0.272 e. The van der Waals surface area contributed by atoms with Crippen LogP contribution < -0.4 is 0 Å². The summed E-state index contributed by atoms with van der Waals surface area (Å²) in [6.45, 7) is 7.44. The molecule has 2 aromatic rings. The predicted molar refractivity (Wildman–Crippen MR) is 98.6 cm³/mol. The van der Waals surface area contributed by atoms with Crippen molar-refractivity contribution in [3.63, 3.8) is 0 Å². The van der Waals surface area contributed by atoms with Crippen LogP contribution in [0.5, 0.6) is 0 Å². The Balaban J connectivity index is 1.52. The van der Waals surface area contributed by atoms with Gasteiger partial charge in [-0.3, -0.25) is 14.7 Å². The fourth-order valence-corrected chi connectivity index (χ4v) is 4.28. The maximum absolute atomic E-state index is 13.1. The molecule has 3 aliphatic rings. The second kappa shape index (κ2) is 7.11. The van der Waals surface area contributed by atoms with E-state index < -0.39 is 0 Å². The van der Waals surface area contributed by atoms with Crippen molar-refractivity contribution in [3.05, 3.63) is 53.4 Å². The van der Waals surface area contributed by atoms with Gasteiger partial charge in [0, 0.05) is 50.3 Å². The van der Waals surface area contributed by atoms with E-state index in [1.165, 1.54) is 12.0 Å². The zero-order chi connectivity index (χ0) is 18.1. The Labute approximate surface area is 154 Å². The quantitative estimate of drug-likeness (QED) is 0.848. The van der Waals surface area contributed by atoms with Crippen molar-refractivity contribution in [2.45, 2.75) is 39.3 Å². The first kappa shape index (κ1) is 17.1. The number of nitrogens with zero attached hydrogens (tertiary/aromatic N) is 5. The molecule has 3 fully saturated rings. The van der Waals surface area contributed by atoms with Gasteiger partial charge in [0.25, 0.3) is 5.91 Å². The summed E-state index contributed by atoms with van der Waals surface area (Å²) in [4.78, 5) is 30.5. The molecule has 3 aliphatic heterocycles. The minimum atomic E-state index is 0.0523. The Morgan fingerprint density at radius 1 is 1.19 bits per heavy atom. The molecule has 0 aromatic carbocycles. The lowest BCUT2D eigenvalue weighted by Gasteiger charge is -2.36. The van der Waals surface area contributed by atoms with Crippen molar-refractivity contribution >= 4 is 5.91 Å². The molecule has 0 saturated carbocycles. The lowest BCUT2D eigenvalue weighted by atomic mass is 9.94. The van der Waals surface area contributed by atoms with Crippen LogP contribution in [0.3, 0.4) is 0 Å². The molecule has 3 saturated heterocycles. The molecule has 6 heteroatoms. The summed E-state index contributed by atoms with van der Waals surface area (Å²) < 4.78 is 0. The van der Waals surface area contributed by atoms with Crippen molar-refractivity contribution in [3.8, 4) is 0 Å². The van der Waals surface area contributed by atoms with Gasteiger partial charge in [-0.2, -0.15) is 0 Å². The highest BCUT2D eigenvalue weighted by molar-refractivity contribution is 5.92. The Bertz CT molecular complexity index is 774. The highest BCUT2D eigenvalue weighted by atomic mass is 16.2. The average molecular weight is 351 g/mol. The molecule has 0 unspecified atom stereocenters. The number of aromatic nitrogens is 3. The molecule has 0 aliphatic carbocycles. The Morgan fingerprint density at radius 3 is 2.85 bits per heavy atom. The molecule has 5 heterocycles. The molecule has 2 aromatic heterocycles. The molecule has 0 radical (unpaired) electrons. The van der Waals surface area contributed by atoms with E-state index in [0.29, 0.717) is 17.4 Å². The molecule has 5 rings (SSSR count). The summed E-state index contributed by atoms with van der Waals surface area (Å²) in [6.07, 6.45) is 6.01. The van der Waals surface area contributed by atoms with Gasteiger partial charge in [0.2, 0.25) is 0 Å².